The lowest BCUT2D eigenvalue weighted by Crippen LogP contribution is -2.20. The SMILES string of the molecule is C#CCOc1ccc2ccccc2c1/C=N\NC(=O)Cc1ccc(C)c(C)c1. The molecule has 4 nitrogen and oxygen atoms in total. The predicted octanol–water partition coefficient (Wildman–Crippen LogP) is 4.16. The van der Waals surface area contributed by atoms with Crippen molar-refractivity contribution in [2.24, 2.45) is 5.10 Å². The van der Waals surface area contributed by atoms with Gasteiger partial charge in [-0.2, -0.15) is 5.10 Å². The van der Waals surface area contributed by atoms with E-state index in [1.807, 2.05) is 68.4 Å². The molecule has 0 spiro atoms. The number of carbonyl (C=O) groups is 1. The van der Waals surface area contributed by atoms with Gasteiger partial charge in [0.2, 0.25) is 5.91 Å². The average Bonchev–Trinajstić information content (AvgIpc) is 2.70. The highest BCUT2D eigenvalue weighted by molar-refractivity contribution is 6.02. The molecular weight excluding hydrogens is 348 g/mol. The molecule has 3 aromatic carbocycles. The minimum absolute atomic E-state index is 0.165. The topological polar surface area (TPSA) is 50.7 Å². The minimum Gasteiger partial charge on any atom is -0.480 e. The van der Waals surface area contributed by atoms with Gasteiger partial charge in [0.25, 0.3) is 0 Å². The Balaban J connectivity index is 1.77. The van der Waals surface area contributed by atoms with Gasteiger partial charge in [-0.25, -0.2) is 5.43 Å². The van der Waals surface area contributed by atoms with Gasteiger partial charge in [0.1, 0.15) is 12.4 Å². The summed E-state index contributed by atoms with van der Waals surface area (Å²) in [6.45, 7) is 4.25. The average molecular weight is 370 g/mol. The highest BCUT2D eigenvalue weighted by Crippen LogP contribution is 2.26. The van der Waals surface area contributed by atoms with Crippen molar-refractivity contribution in [1.29, 1.82) is 0 Å². The maximum absolute atomic E-state index is 12.2. The summed E-state index contributed by atoms with van der Waals surface area (Å²) in [4.78, 5) is 12.2. The molecule has 0 aliphatic heterocycles. The number of ether oxygens (including phenoxy) is 1. The maximum atomic E-state index is 12.2. The standard InChI is InChI=1S/C24H22N2O2/c1-4-13-28-23-12-11-20-7-5-6-8-21(20)22(23)16-25-26-24(27)15-19-10-9-17(2)18(3)14-19/h1,5-12,14,16H,13,15H2,2-3H3,(H,26,27)/b25-16-. The summed E-state index contributed by atoms with van der Waals surface area (Å²) in [5.74, 6) is 2.92. The molecule has 0 bridgehead atoms. The minimum atomic E-state index is -0.175. The van der Waals surface area contributed by atoms with E-state index in [0.29, 0.717) is 5.75 Å². The highest BCUT2D eigenvalue weighted by atomic mass is 16.5. The van der Waals surface area contributed by atoms with Crippen LogP contribution in [0.15, 0.2) is 59.7 Å². The second-order valence-electron chi connectivity index (χ2n) is 6.58. The zero-order valence-electron chi connectivity index (χ0n) is 16.0. The Kier molecular flexibility index (Phi) is 6.08. The molecular formula is C24H22N2O2. The molecule has 140 valence electrons. The molecule has 0 fully saturated rings. The van der Waals surface area contributed by atoms with E-state index < -0.39 is 0 Å². The molecule has 0 aliphatic carbocycles. The van der Waals surface area contributed by atoms with Gasteiger partial charge in [-0.3, -0.25) is 4.79 Å². The van der Waals surface area contributed by atoms with Gasteiger partial charge in [0.05, 0.1) is 12.6 Å². The Morgan fingerprint density at radius 1 is 1.14 bits per heavy atom. The summed E-state index contributed by atoms with van der Waals surface area (Å²) in [6, 6.07) is 17.7. The van der Waals surface area contributed by atoms with Crippen molar-refractivity contribution in [1.82, 2.24) is 5.43 Å². The molecule has 28 heavy (non-hydrogen) atoms. The first-order valence-corrected chi connectivity index (χ1v) is 9.04. The van der Waals surface area contributed by atoms with Crippen molar-refractivity contribution in [2.75, 3.05) is 6.61 Å². The molecule has 0 radical (unpaired) electrons. The second-order valence-corrected chi connectivity index (χ2v) is 6.58. The number of hydrogen-bond donors (Lipinski definition) is 1. The summed E-state index contributed by atoms with van der Waals surface area (Å²) in [7, 11) is 0. The van der Waals surface area contributed by atoms with Gasteiger partial charge in [-0.05, 0) is 47.4 Å². The van der Waals surface area contributed by atoms with Crippen molar-refractivity contribution in [3.05, 3.63) is 76.9 Å². The Labute approximate surface area is 165 Å². The first-order chi connectivity index (χ1) is 13.6. The van der Waals surface area contributed by atoms with Gasteiger partial charge in [0, 0.05) is 5.56 Å². The van der Waals surface area contributed by atoms with Crippen LogP contribution in [0.25, 0.3) is 10.8 Å². The lowest BCUT2D eigenvalue weighted by atomic mass is 10.0. The number of hydrazone groups is 1. The third-order valence-corrected chi connectivity index (χ3v) is 4.56. The van der Waals surface area contributed by atoms with Crippen LogP contribution in [0.2, 0.25) is 0 Å². The van der Waals surface area contributed by atoms with Gasteiger partial charge in [-0.15, -0.1) is 6.42 Å². The number of amides is 1. The fourth-order valence-electron chi connectivity index (χ4n) is 2.96. The first-order valence-electron chi connectivity index (χ1n) is 9.04. The van der Waals surface area contributed by atoms with Gasteiger partial charge >= 0.3 is 0 Å². The van der Waals surface area contributed by atoms with E-state index >= 15 is 0 Å². The predicted molar refractivity (Wildman–Crippen MR) is 114 cm³/mol. The number of terminal acetylenes is 1. The van der Waals surface area contributed by atoms with Crippen LogP contribution in [-0.4, -0.2) is 18.7 Å². The van der Waals surface area contributed by atoms with E-state index in [1.54, 1.807) is 6.21 Å². The number of fused-ring (bicyclic) bond motifs is 1. The Bertz CT molecular complexity index is 1080. The Hall–Kier alpha value is -3.58. The molecule has 0 saturated carbocycles. The van der Waals surface area contributed by atoms with E-state index in [1.165, 1.54) is 11.1 Å². The number of hydrogen-bond acceptors (Lipinski definition) is 3. The maximum Gasteiger partial charge on any atom is 0.244 e. The summed E-state index contributed by atoms with van der Waals surface area (Å²) in [5.41, 5.74) is 6.70. The summed E-state index contributed by atoms with van der Waals surface area (Å²) < 4.78 is 5.63. The van der Waals surface area contributed by atoms with Crippen molar-refractivity contribution in [3.63, 3.8) is 0 Å². The van der Waals surface area contributed by atoms with E-state index in [0.717, 1.165) is 21.9 Å². The number of benzene rings is 3. The molecule has 0 aliphatic rings. The van der Waals surface area contributed by atoms with Crippen LogP contribution in [0.4, 0.5) is 0 Å². The largest absolute Gasteiger partial charge is 0.480 e. The molecule has 0 heterocycles. The first kappa shape index (κ1) is 19.2. The second kappa shape index (κ2) is 8.88. The molecule has 4 heteroatoms. The van der Waals surface area contributed by atoms with Crippen LogP contribution < -0.4 is 10.2 Å². The van der Waals surface area contributed by atoms with Crippen molar-refractivity contribution in [2.45, 2.75) is 20.3 Å². The van der Waals surface area contributed by atoms with Gasteiger partial charge < -0.3 is 4.74 Å². The smallest absolute Gasteiger partial charge is 0.244 e. The third-order valence-electron chi connectivity index (χ3n) is 4.56. The molecule has 3 rings (SSSR count). The Morgan fingerprint density at radius 2 is 1.96 bits per heavy atom. The molecule has 3 aromatic rings. The van der Waals surface area contributed by atoms with Gasteiger partial charge in [0.15, 0.2) is 0 Å². The van der Waals surface area contributed by atoms with E-state index in [-0.39, 0.29) is 18.9 Å². The van der Waals surface area contributed by atoms with Crippen LogP contribution in [0, 0.1) is 26.2 Å². The number of rotatable bonds is 6. The molecule has 1 amide bonds. The molecule has 0 unspecified atom stereocenters. The summed E-state index contributed by atoms with van der Waals surface area (Å²) in [5, 5.41) is 6.17. The van der Waals surface area contributed by atoms with Gasteiger partial charge in [-0.1, -0.05) is 54.5 Å². The van der Waals surface area contributed by atoms with E-state index in [2.05, 4.69) is 16.4 Å². The van der Waals surface area contributed by atoms with Crippen LogP contribution in [0.1, 0.15) is 22.3 Å². The van der Waals surface area contributed by atoms with Crippen molar-refractivity contribution in [3.8, 4) is 18.1 Å². The fourth-order valence-corrected chi connectivity index (χ4v) is 2.96. The lowest BCUT2D eigenvalue weighted by molar-refractivity contribution is -0.120. The highest BCUT2D eigenvalue weighted by Gasteiger charge is 2.08. The number of carbonyl (C=O) groups excluding carboxylic acids is 1. The summed E-state index contributed by atoms with van der Waals surface area (Å²) in [6.07, 6.45) is 7.18. The number of aryl methyl sites for hydroxylation is 2. The third kappa shape index (κ3) is 4.57. The van der Waals surface area contributed by atoms with Crippen LogP contribution in [-0.2, 0) is 11.2 Å². The van der Waals surface area contributed by atoms with Crippen LogP contribution >= 0.6 is 0 Å². The normalized spacial score (nSPS) is 10.8. The quantitative estimate of drug-likeness (QED) is 0.402. The van der Waals surface area contributed by atoms with E-state index in [4.69, 9.17) is 11.2 Å². The molecule has 0 saturated heterocycles. The van der Waals surface area contributed by atoms with Crippen molar-refractivity contribution >= 4 is 22.9 Å². The fraction of sp³-hybridized carbons (Fsp3) is 0.167. The molecule has 0 aromatic heterocycles. The van der Waals surface area contributed by atoms with E-state index in [9.17, 15) is 4.79 Å². The lowest BCUT2D eigenvalue weighted by Gasteiger charge is -2.10. The zero-order valence-corrected chi connectivity index (χ0v) is 16.0. The molecule has 0 atom stereocenters. The number of nitrogens with one attached hydrogen (secondary N) is 1. The van der Waals surface area contributed by atoms with Crippen LogP contribution in [0.3, 0.4) is 0 Å². The Morgan fingerprint density at radius 3 is 2.75 bits per heavy atom. The van der Waals surface area contributed by atoms with Crippen molar-refractivity contribution < 1.29 is 9.53 Å². The monoisotopic (exact) mass is 370 g/mol. The zero-order chi connectivity index (χ0) is 19.9. The summed E-state index contributed by atoms with van der Waals surface area (Å²) >= 11 is 0. The number of nitrogens with zero attached hydrogens (tertiary/aromatic N) is 1. The van der Waals surface area contributed by atoms with Crippen LogP contribution in [0.5, 0.6) is 5.75 Å². The molecule has 1 N–H and O–H groups in total.